The molecule has 0 aliphatic rings. The summed E-state index contributed by atoms with van der Waals surface area (Å²) in [5.41, 5.74) is 2.15. The second-order valence-corrected chi connectivity index (χ2v) is 3.58. The van der Waals surface area contributed by atoms with Crippen LogP contribution in [0.15, 0.2) is 18.9 Å². The highest BCUT2D eigenvalue weighted by Gasteiger charge is 2.12. The average molecular weight is 224 g/mol. The Labute approximate surface area is 94.9 Å². The van der Waals surface area contributed by atoms with Crippen LogP contribution in [0.4, 0.5) is 0 Å². The molecule has 0 aliphatic heterocycles. The third kappa shape index (κ3) is 2.46. The van der Waals surface area contributed by atoms with Crippen LogP contribution < -0.4 is 0 Å². The summed E-state index contributed by atoms with van der Waals surface area (Å²) in [6.07, 6.45) is 6.36. The molecule has 0 aromatic carbocycles. The average Bonchev–Trinajstić information content (AvgIpc) is 2.18. The van der Waals surface area contributed by atoms with Crippen molar-refractivity contribution in [2.45, 2.75) is 20.0 Å². The van der Waals surface area contributed by atoms with Crippen LogP contribution in [0.25, 0.3) is 12.2 Å². The van der Waals surface area contributed by atoms with E-state index in [2.05, 4.69) is 11.6 Å². The molecule has 1 heterocycles. The molecular formula is C12H14ClNO. The maximum Gasteiger partial charge on any atom is 0.0791 e. The van der Waals surface area contributed by atoms with Gasteiger partial charge in [0.15, 0.2) is 0 Å². The summed E-state index contributed by atoms with van der Waals surface area (Å²) in [6, 6.07) is 0. The Hall–Kier alpha value is -1.12. The molecule has 0 aliphatic carbocycles. The van der Waals surface area contributed by atoms with E-state index in [0.717, 1.165) is 11.3 Å². The van der Waals surface area contributed by atoms with Crippen LogP contribution in [-0.2, 0) is 0 Å². The first-order valence-electron chi connectivity index (χ1n) is 4.73. The van der Waals surface area contributed by atoms with Crippen LogP contribution >= 0.6 is 11.6 Å². The predicted octanol–water partition coefficient (Wildman–Crippen LogP) is 3.46. The van der Waals surface area contributed by atoms with Gasteiger partial charge in [-0.25, -0.2) is 0 Å². The Morgan fingerprint density at radius 3 is 2.73 bits per heavy atom. The zero-order chi connectivity index (χ0) is 11.4. The molecule has 15 heavy (non-hydrogen) atoms. The number of hydrogen-bond donors (Lipinski definition) is 1. The minimum Gasteiger partial charge on any atom is -0.389 e. The standard InChI is InChI=1S/C12H14ClNO/c1-4-6-11-9(5-2)12(13)10(7-14-11)8(3)15/h4-8,15H,2H2,1,3H3/b6-4-. The molecule has 0 saturated heterocycles. The van der Waals surface area contributed by atoms with Gasteiger partial charge in [0.2, 0.25) is 0 Å². The van der Waals surface area contributed by atoms with Gasteiger partial charge in [0.1, 0.15) is 0 Å². The molecule has 1 aromatic heterocycles. The molecule has 2 nitrogen and oxygen atoms in total. The summed E-state index contributed by atoms with van der Waals surface area (Å²) in [5, 5.41) is 9.99. The first-order valence-corrected chi connectivity index (χ1v) is 5.11. The quantitative estimate of drug-likeness (QED) is 0.851. The lowest BCUT2D eigenvalue weighted by Gasteiger charge is -2.11. The van der Waals surface area contributed by atoms with Gasteiger partial charge in [-0.05, 0) is 19.9 Å². The van der Waals surface area contributed by atoms with Gasteiger partial charge >= 0.3 is 0 Å². The number of aliphatic hydroxyl groups excluding tert-OH is 1. The minimum absolute atomic E-state index is 0.517. The fourth-order valence-electron chi connectivity index (χ4n) is 1.31. The van der Waals surface area contributed by atoms with E-state index in [4.69, 9.17) is 11.6 Å². The number of nitrogens with zero attached hydrogens (tertiary/aromatic N) is 1. The Bertz CT molecular complexity index is 397. The zero-order valence-corrected chi connectivity index (χ0v) is 9.62. The molecular weight excluding hydrogens is 210 g/mol. The van der Waals surface area contributed by atoms with Crippen molar-refractivity contribution in [2.75, 3.05) is 0 Å². The monoisotopic (exact) mass is 223 g/mol. The van der Waals surface area contributed by atoms with E-state index in [-0.39, 0.29) is 0 Å². The lowest BCUT2D eigenvalue weighted by molar-refractivity contribution is 0.199. The van der Waals surface area contributed by atoms with Gasteiger partial charge in [-0.15, -0.1) is 0 Å². The molecule has 0 bridgehead atoms. The van der Waals surface area contributed by atoms with Crippen LogP contribution in [0, 0.1) is 0 Å². The number of hydrogen-bond acceptors (Lipinski definition) is 2. The Kier molecular flexibility index (Phi) is 4.06. The fourth-order valence-corrected chi connectivity index (χ4v) is 1.69. The van der Waals surface area contributed by atoms with Crippen molar-refractivity contribution in [3.05, 3.63) is 40.7 Å². The number of pyridine rings is 1. The van der Waals surface area contributed by atoms with Crippen molar-refractivity contribution in [3.63, 3.8) is 0 Å². The molecule has 1 aromatic rings. The van der Waals surface area contributed by atoms with Crippen LogP contribution in [0.3, 0.4) is 0 Å². The molecule has 1 atom stereocenters. The predicted molar refractivity (Wildman–Crippen MR) is 64.7 cm³/mol. The van der Waals surface area contributed by atoms with Gasteiger partial charge in [0, 0.05) is 17.3 Å². The van der Waals surface area contributed by atoms with E-state index in [1.165, 1.54) is 0 Å². The molecule has 3 heteroatoms. The fraction of sp³-hybridized carbons (Fsp3) is 0.250. The summed E-state index contributed by atoms with van der Waals surface area (Å²) >= 11 is 6.14. The van der Waals surface area contributed by atoms with Crippen molar-refractivity contribution in [2.24, 2.45) is 0 Å². The molecule has 1 unspecified atom stereocenters. The molecule has 0 radical (unpaired) electrons. The second-order valence-electron chi connectivity index (χ2n) is 3.21. The molecule has 80 valence electrons. The van der Waals surface area contributed by atoms with Crippen LogP contribution in [0.1, 0.15) is 36.8 Å². The number of aliphatic hydroxyl groups is 1. The summed E-state index contributed by atoms with van der Waals surface area (Å²) in [5.74, 6) is 0. The third-order valence-electron chi connectivity index (χ3n) is 2.09. The first-order chi connectivity index (χ1) is 7.11. The van der Waals surface area contributed by atoms with Crippen LogP contribution in [0.5, 0.6) is 0 Å². The number of aromatic nitrogens is 1. The highest BCUT2D eigenvalue weighted by molar-refractivity contribution is 6.33. The Balaban J connectivity index is 3.38. The van der Waals surface area contributed by atoms with E-state index in [1.54, 1.807) is 19.2 Å². The maximum absolute atomic E-state index is 9.47. The van der Waals surface area contributed by atoms with E-state index < -0.39 is 6.10 Å². The van der Waals surface area contributed by atoms with Crippen LogP contribution in [-0.4, -0.2) is 10.1 Å². The van der Waals surface area contributed by atoms with Gasteiger partial charge < -0.3 is 5.11 Å². The van der Waals surface area contributed by atoms with Crippen molar-refractivity contribution in [3.8, 4) is 0 Å². The van der Waals surface area contributed by atoms with E-state index >= 15 is 0 Å². The van der Waals surface area contributed by atoms with Crippen molar-refractivity contribution in [1.29, 1.82) is 0 Å². The van der Waals surface area contributed by atoms with Crippen molar-refractivity contribution < 1.29 is 5.11 Å². The summed E-state index contributed by atoms with van der Waals surface area (Å²) in [6.45, 7) is 7.26. The smallest absolute Gasteiger partial charge is 0.0791 e. The SMILES string of the molecule is C=Cc1c(/C=C\C)ncc(C(C)O)c1Cl. The van der Waals surface area contributed by atoms with E-state index in [1.807, 2.05) is 19.1 Å². The molecule has 0 spiro atoms. The second kappa shape index (κ2) is 5.10. The molecule has 1 rings (SSSR count). The number of halogens is 1. The normalized spacial score (nSPS) is 13.1. The van der Waals surface area contributed by atoms with Gasteiger partial charge in [0.05, 0.1) is 16.8 Å². The van der Waals surface area contributed by atoms with Crippen molar-refractivity contribution in [1.82, 2.24) is 4.98 Å². The number of allylic oxidation sites excluding steroid dienone is 1. The van der Waals surface area contributed by atoms with Crippen LogP contribution in [0.2, 0.25) is 5.02 Å². The third-order valence-corrected chi connectivity index (χ3v) is 2.51. The molecule has 0 amide bonds. The first kappa shape index (κ1) is 12.0. The number of rotatable bonds is 3. The molecule has 1 N–H and O–H groups in total. The van der Waals surface area contributed by atoms with Crippen molar-refractivity contribution >= 4 is 23.8 Å². The van der Waals surface area contributed by atoms with E-state index in [0.29, 0.717) is 10.6 Å². The van der Waals surface area contributed by atoms with Gasteiger partial charge in [0.25, 0.3) is 0 Å². The van der Waals surface area contributed by atoms with Gasteiger partial charge in [-0.2, -0.15) is 0 Å². The molecule has 0 saturated carbocycles. The minimum atomic E-state index is -0.622. The summed E-state index contributed by atoms with van der Waals surface area (Å²) in [4.78, 5) is 4.22. The van der Waals surface area contributed by atoms with Gasteiger partial charge in [-0.3, -0.25) is 4.98 Å². The zero-order valence-electron chi connectivity index (χ0n) is 8.87. The highest BCUT2D eigenvalue weighted by Crippen LogP contribution is 2.28. The Morgan fingerprint density at radius 1 is 1.60 bits per heavy atom. The molecule has 0 fully saturated rings. The lowest BCUT2D eigenvalue weighted by atomic mass is 10.1. The van der Waals surface area contributed by atoms with Gasteiger partial charge in [-0.1, -0.05) is 30.3 Å². The summed E-state index contributed by atoms with van der Waals surface area (Å²) < 4.78 is 0. The largest absolute Gasteiger partial charge is 0.389 e. The lowest BCUT2D eigenvalue weighted by Crippen LogP contribution is -1.98. The Morgan fingerprint density at radius 2 is 2.27 bits per heavy atom. The summed E-state index contributed by atoms with van der Waals surface area (Å²) in [7, 11) is 0. The topological polar surface area (TPSA) is 33.1 Å². The van der Waals surface area contributed by atoms with E-state index in [9.17, 15) is 5.11 Å². The highest BCUT2D eigenvalue weighted by atomic mass is 35.5. The maximum atomic E-state index is 9.47.